The number of fused-ring (bicyclic) bond motifs is 1. The van der Waals surface area contributed by atoms with Crippen LogP contribution in [0, 0.1) is 0 Å². The van der Waals surface area contributed by atoms with Crippen molar-refractivity contribution in [1.29, 1.82) is 0 Å². The predicted octanol–water partition coefficient (Wildman–Crippen LogP) is 4.84. The summed E-state index contributed by atoms with van der Waals surface area (Å²) >= 11 is 6.30. The molecule has 8 heteroatoms. The van der Waals surface area contributed by atoms with Crippen LogP contribution in [0.1, 0.15) is 61.5 Å². The molecule has 2 aliphatic rings. The van der Waals surface area contributed by atoms with Gasteiger partial charge in [-0.2, -0.15) is 0 Å². The van der Waals surface area contributed by atoms with E-state index < -0.39 is 0 Å². The highest BCUT2D eigenvalue weighted by molar-refractivity contribution is 6.34. The van der Waals surface area contributed by atoms with Gasteiger partial charge in [-0.15, -0.1) is 0 Å². The summed E-state index contributed by atoms with van der Waals surface area (Å²) in [7, 11) is 0. The van der Waals surface area contributed by atoms with Crippen LogP contribution in [0.15, 0.2) is 30.5 Å². The molecule has 0 bridgehead atoms. The van der Waals surface area contributed by atoms with Crippen LogP contribution in [0.3, 0.4) is 0 Å². The Labute approximate surface area is 180 Å². The Kier molecular flexibility index (Phi) is 5.29. The first-order valence-corrected chi connectivity index (χ1v) is 11.1. The van der Waals surface area contributed by atoms with E-state index in [0.29, 0.717) is 17.9 Å². The van der Waals surface area contributed by atoms with Gasteiger partial charge in [0.05, 0.1) is 22.3 Å². The van der Waals surface area contributed by atoms with Crippen molar-refractivity contribution in [1.82, 2.24) is 19.5 Å². The molecule has 5 rings (SSSR count). The fourth-order valence-electron chi connectivity index (χ4n) is 4.59. The number of benzene rings is 1. The number of carbonyl (C=O) groups is 1. The molecule has 2 fully saturated rings. The lowest BCUT2D eigenvalue weighted by Gasteiger charge is -2.25. The molecule has 2 aromatic heterocycles. The molecule has 7 nitrogen and oxygen atoms in total. The monoisotopic (exact) mass is 424 g/mol. The maximum Gasteiger partial charge on any atom is 0.278 e. The third-order valence-electron chi connectivity index (χ3n) is 6.10. The van der Waals surface area contributed by atoms with Crippen molar-refractivity contribution in [3.63, 3.8) is 0 Å². The number of para-hydroxylation sites is 2. The number of imidazole rings is 1. The van der Waals surface area contributed by atoms with Crippen LogP contribution < -0.4 is 10.2 Å². The largest absolute Gasteiger partial charge is 0.341 e. The van der Waals surface area contributed by atoms with Gasteiger partial charge in [0.25, 0.3) is 5.91 Å². The van der Waals surface area contributed by atoms with Gasteiger partial charge in [0, 0.05) is 19.1 Å². The Hall–Kier alpha value is -2.67. The van der Waals surface area contributed by atoms with Gasteiger partial charge in [-0.05, 0) is 37.8 Å². The van der Waals surface area contributed by atoms with Crippen molar-refractivity contribution in [2.24, 2.45) is 0 Å². The van der Waals surface area contributed by atoms with Gasteiger partial charge in [-0.25, -0.2) is 15.0 Å². The van der Waals surface area contributed by atoms with Crippen LogP contribution >= 0.6 is 11.6 Å². The third kappa shape index (κ3) is 3.62. The van der Waals surface area contributed by atoms with Crippen molar-refractivity contribution < 1.29 is 4.79 Å². The summed E-state index contributed by atoms with van der Waals surface area (Å²) < 4.78 is 2.18. The van der Waals surface area contributed by atoms with Crippen LogP contribution in [-0.4, -0.2) is 38.5 Å². The SMILES string of the molecule is O=C(Nc1nc2ccccc2n1C1CCCCC1)c1nc(N2CCCC2)ncc1Cl. The van der Waals surface area contributed by atoms with Gasteiger partial charge in [-0.3, -0.25) is 10.1 Å². The van der Waals surface area contributed by atoms with Crippen molar-refractivity contribution in [2.75, 3.05) is 23.3 Å². The summed E-state index contributed by atoms with van der Waals surface area (Å²) in [5, 5.41) is 3.24. The lowest BCUT2D eigenvalue weighted by molar-refractivity contribution is 0.102. The van der Waals surface area contributed by atoms with Crippen molar-refractivity contribution in [3.8, 4) is 0 Å². The second kappa shape index (κ2) is 8.22. The van der Waals surface area contributed by atoms with Crippen molar-refractivity contribution in [3.05, 3.63) is 41.2 Å². The molecule has 1 amide bonds. The number of amides is 1. The summed E-state index contributed by atoms with van der Waals surface area (Å²) in [6.45, 7) is 1.81. The van der Waals surface area contributed by atoms with Gasteiger partial charge in [0.1, 0.15) is 0 Å². The topological polar surface area (TPSA) is 75.9 Å². The lowest BCUT2D eigenvalue weighted by atomic mass is 9.95. The summed E-state index contributed by atoms with van der Waals surface area (Å²) in [5.41, 5.74) is 2.12. The Bertz CT molecular complexity index is 1070. The zero-order valence-electron chi connectivity index (χ0n) is 16.9. The van der Waals surface area contributed by atoms with E-state index in [1.165, 1.54) is 25.5 Å². The molecule has 3 aromatic rings. The number of halogens is 1. The first-order valence-electron chi connectivity index (χ1n) is 10.8. The van der Waals surface area contributed by atoms with Gasteiger partial charge in [0.2, 0.25) is 11.9 Å². The first-order chi connectivity index (χ1) is 14.7. The second-order valence-corrected chi connectivity index (χ2v) is 8.51. The lowest BCUT2D eigenvalue weighted by Crippen LogP contribution is -2.24. The highest BCUT2D eigenvalue weighted by Gasteiger charge is 2.25. The summed E-state index contributed by atoms with van der Waals surface area (Å²) in [6, 6.07) is 8.36. The summed E-state index contributed by atoms with van der Waals surface area (Å²) in [4.78, 5) is 28.8. The molecule has 1 saturated carbocycles. The van der Waals surface area contributed by atoms with Crippen molar-refractivity contribution in [2.45, 2.75) is 51.0 Å². The highest BCUT2D eigenvalue weighted by Crippen LogP contribution is 2.34. The number of hydrogen-bond donors (Lipinski definition) is 1. The zero-order valence-corrected chi connectivity index (χ0v) is 17.6. The number of nitrogens with one attached hydrogen (secondary N) is 1. The second-order valence-electron chi connectivity index (χ2n) is 8.10. The molecule has 1 aliphatic carbocycles. The summed E-state index contributed by atoms with van der Waals surface area (Å²) in [5.74, 6) is 0.767. The van der Waals surface area contributed by atoms with Gasteiger partial charge < -0.3 is 9.47 Å². The molecule has 30 heavy (non-hydrogen) atoms. The molecular formula is C22H25ClN6O. The number of hydrogen-bond acceptors (Lipinski definition) is 5. The fraction of sp³-hybridized carbons (Fsp3) is 0.455. The van der Waals surface area contributed by atoms with E-state index in [9.17, 15) is 4.79 Å². The molecule has 1 aromatic carbocycles. The van der Waals surface area contributed by atoms with E-state index in [2.05, 4.69) is 30.8 Å². The molecule has 3 heterocycles. The fourth-order valence-corrected chi connectivity index (χ4v) is 4.77. The minimum atomic E-state index is -0.352. The normalized spacial score (nSPS) is 17.6. The highest BCUT2D eigenvalue weighted by atomic mass is 35.5. The van der Waals surface area contributed by atoms with Gasteiger partial charge in [0.15, 0.2) is 5.69 Å². The van der Waals surface area contributed by atoms with Crippen LogP contribution in [0.4, 0.5) is 11.9 Å². The zero-order chi connectivity index (χ0) is 20.5. The molecule has 0 spiro atoms. The molecule has 1 N–H and O–H groups in total. The van der Waals surface area contributed by atoms with E-state index in [4.69, 9.17) is 16.6 Å². The average molecular weight is 425 g/mol. The van der Waals surface area contributed by atoms with Gasteiger partial charge in [-0.1, -0.05) is 43.0 Å². The number of carbonyl (C=O) groups excluding carboxylic acids is 1. The first kappa shape index (κ1) is 19.3. The van der Waals surface area contributed by atoms with Crippen LogP contribution in [-0.2, 0) is 0 Å². The molecule has 0 unspecified atom stereocenters. The molecule has 0 radical (unpaired) electrons. The third-order valence-corrected chi connectivity index (χ3v) is 6.37. The van der Waals surface area contributed by atoms with E-state index in [1.54, 1.807) is 0 Å². The molecule has 1 saturated heterocycles. The smallest absolute Gasteiger partial charge is 0.278 e. The molecule has 0 atom stereocenters. The van der Waals surface area contributed by atoms with E-state index >= 15 is 0 Å². The van der Waals surface area contributed by atoms with Crippen LogP contribution in [0.2, 0.25) is 5.02 Å². The molecular weight excluding hydrogens is 400 g/mol. The Morgan fingerprint density at radius 1 is 1.03 bits per heavy atom. The standard InChI is InChI=1S/C22H25ClN6O/c23-16-14-24-21(28-12-6-7-13-28)26-19(16)20(30)27-22-25-17-10-4-5-11-18(17)29(22)15-8-2-1-3-9-15/h4-5,10-11,14-15H,1-3,6-9,12-13H2,(H,25,27,30). The van der Waals surface area contributed by atoms with E-state index in [1.807, 2.05) is 18.2 Å². The quantitative estimate of drug-likeness (QED) is 0.648. The maximum atomic E-state index is 13.2. The molecule has 156 valence electrons. The average Bonchev–Trinajstić information content (AvgIpc) is 3.42. The minimum Gasteiger partial charge on any atom is -0.341 e. The van der Waals surface area contributed by atoms with E-state index in [0.717, 1.165) is 49.8 Å². The Morgan fingerprint density at radius 2 is 1.80 bits per heavy atom. The minimum absolute atomic E-state index is 0.191. The number of rotatable bonds is 4. The van der Waals surface area contributed by atoms with E-state index in [-0.39, 0.29) is 16.6 Å². The van der Waals surface area contributed by atoms with Crippen LogP contribution in [0.5, 0.6) is 0 Å². The number of anilines is 2. The summed E-state index contributed by atoms with van der Waals surface area (Å²) in [6.07, 6.45) is 9.58. The maximum absolute atomic E-state index is 13.2. The Balaban J connectivity index is 1.48. The Morgan fingerprint density at radius 3 is 2.60 bits per heavy atom. The molecule has 1 aliphatic heterocycles. The number of nitrogens with zero attached hydrogens (tertiary/aromatic N) is 5. The van der Waals surface area contributed by atoms with Crippen molar-refractivity contribution >= 4 is 40.4 Å². The van der Waals surface area contributed by atoms with Crippen LogP contribution in [0.25, 0.3) is 11.0 Å². The van der Waals surface area contributed by atoms with Gasteiger partial charge >= 0.3 is 0 Å². The predicted molar refractivity (Wildman–Crippen MR) is 118 cm³/mol. The number of aromatic nitrogens is 4.